The first-order chi connectivity index (χ1) is 14.3. The molecule has 1 fully saturated rings. The van der Waals surface area contributed by atoms with E-state index < -0.39 is 24.5 Å². The van der Waals surface area contributed by atoms with E-state index in [1.54, 1.807) is 0 Å². The highest BCUT2D eigenvalue weighted by molar-refractivity contribution is 6.32. The molecule has 0 atom stereocenters. The fourth-order valence-corrected chi connectivity index (χ4v) is 3.13. The van der Waals surface area contributed by atoms with Gasteiger partial charge in [-0.1, -0.05) is 41.4 Å². The number of benzene rings is 2. The molecule has 2 aromatic carbocycles. The number of carbonyl (C=O) groups is 3. The number of amides is 3. The highest BCUT2D eigenvalue weighted by atomic mass is 35.5. The van der Waals surface area contributed by atoms with Crippen LogP contribution in [0.25, 0.3) is 6.08 Å². The number of ether oxygens (including phenoxy) is 2. The average molecular weight is 430 g/mol. The Balaban J connectivity index is 1.83. The van der Waals surface area contributed by atoms with Crippen molar-refractivity contribution in [3.05, 3.63) is 63.8 Å². The zero-order chi connectivity index (χ0) is 21.8. The SMILES string of the molecule is COc1cc(C=C2NC(=O)N(Cc3ccc(C)cc3)C2=O)cc(Cl)c1OCC(=O)[O-]. The van der Waals surface area contributed by atoms with Gasteiger partial charge in [0.1, 0.15) is 12.3 Å². The molecule has 0 saturated carbocycles. The van der Waals surface area contributed by atoms with E-state index in [2.05, 4.69) is 5.32 Å². The maximum Gasteiger partial charge on any atom is 0.329 e. The molecule has 156 valence electrons. The molecule has 1 N–H and O–H groups in total. The Morgan fingerprint density at radius 1 is 1.23 bits per heavy atom. The fourth-order valence-electron chi connectivity index (χ4n) is 2.85. The maximum absolute atomic E-state index is 12.7. The number of hydrogen-bond donors (Lipinski definition) is 1. The lowest BCUT2D eigenvalue weighted by molar-refractivity contribution is -0.307. The predicted octanol–water partition coefficient (Wildman–Crippen LogP) is 1.88. The van der Waals surface area contributed by atoms with Crippen LogP contribution in [0.4, 0.5) is 4.79 Å². The Hall–Kier alpha value is -3.52. The van der Waals surface area contributed by atoms with Crippen LogP contribution in [0.3, 0.4) is 0 Å². The summed E-state index contributed by atoms with van der Waals surface area (Å²) in [6, 6.07) is 9.96. The number of hydrogen-bond acceptors (Lipinski definition) is 6. The number of halogens is 1. The summed E-state index contributed by atoms with van der Waals surface area (Å²) in [4.78, 5) is 36.7. The van der Waals surface area contributed by atoms with Crippen molar-refractivity contribution in [3.8, 4) is 11.5 Å². The van der Waals surface area contributed by atoms with Gasteiger partial charge in [-0.25, -0.2) is 4.79 Å². The van der Waals surface area contributed by atoms with E-state index in [-0.39, 0.29) is 28.8 Å². The largest absolute Gasteiger partial charge is 0.546 e. The minimum atomic E-state index is -1.41. The third kappa shape index (κ3) is 4.72. The summed E-state index contributed by atoms with van der Waals surface area (Å²) >= 11 is 6.17. The zero-order valence-electron chi connectivity index (χ0n) is 16.2. The summed E-state index contributed by atoms with van der Waals surface area (Å²) in [5.74, 6) is -1.68. The summed E-state index contributed by atoms with van der Waals surface area (Å²) in [5, 5.41) is 13.2. The first-order valence-electron chi connectivity index (χ1n) is 8.88. The van der Waals surface area contributed by atoms with Gasteiger partial charge in [0.2, 0.25) is 0 Å². The molecule has 0 radical (unpaired) electrons. The fraction of sp³-hybridized carbons (Fsp3) is 0.190. The van der Waals surface area contributed by atoms with Crippen LogP contribution in [-0.2, 0) is 16.1 Å². The summed E-state index contributed by atoms with van der Waals surface area (Å²) in [7, 11) is 1.36. The molecule has 0 unspecified atom stereocenters. The second-order valence-corrected chi connectivity index (χ2v) is 6.97. The standard InChI is InChI=1S/C21H19ClN2O6/c1-12-3-5-13(6-4-12)10-24-20(27)16(23-21(24)28)8-14-7-15(22)19(17(9-14)29-2)30-11-18(25)26/h3-9H,10-11H2,1-2H3,(H,23,28)(H,25,26)/p-1. The lowest BCUT2D eigenvalue weighted by atomic mass is 10.1. The molecular formula is C21H18ClN2O6-. The highest BCUT2D eigenvalue weighted by Gasteiger charge is 2.33. The molecule has 0 aliphatic carbocycles. The van der Waals surface area contributed by atoms with E-state index in [4.69, 9.17) is 21.1 Å². The number of carboxylic acids is 1. The first kappa shape index (κ1) is 21.2. The molecule has 1 heterocycles. The monoisotopic (exact) mass is 429 g/mol. The van der Waals surface area contributed by atoms with E-state index in [0.29, 0.717) is 5.56 Å². The van der Waals surface area contributed by atoms with E-state index in [9.17, 15) is 19.5 Å². The number of carboxylic acid groups (broad SMARTS) is 1. The van der Waals surface area contributed by atoms with Gasteiger partial charge in [0.05, 0.1) is 24.6 Å². The molecule has 1 aliphatic rings. The number of methoxy groups -OCH3 is 1. The van der Waals surface area contributed by atoms with Gasteiger partial charge >= 0.3 is 6.03 Å². The minimum absolute atomic E-state index is 0.0355. The summed E-state index contributed by atoms with van der Waals surface area (Å²) in [6.45, 7) is 1.40. The van der Waals surface area contributed by atoms with Gasteiger partial charge in [-0.3, -0.25) is 9.69 Å². The van der Waals surface area contributed by atoms with E-state index in [1.807, 2.05) is 31.2 Å². The molecule has 9 heteroatoms. The minimum Gasteiger partial charge on any atom is -0.546 e. The topological polar surface area (TPSA) is 108 Å². The van der Waals surface area contributed by atoms with Crippen LogP contribution < -0.4 is 19.9 Å². The molecule has 30 heavy (non-hydrogen) atoms. The zero-order valence-corrected chi connectivity index (χ0v) is 17.0. The van der Waals surface area contributed by atoms with Gasteiger partial charge < -0.3 is 24.7 Å². The molecule has 0 bridgehead atoms. The predicted molar refractivity (Wildman–Crippen MR) is 107 cm³/mol. The molecule has 0 aromatic heterocycles. The number of nitrogens with one attached hydrogen (secondary N) is 1. The van der Waals surface area contributed by atoms with Crippen molar-refractivity contribution in [1.29, 1.82) is 0 Å². The van der Waals surface area contributed by atoms with Crippen molar-refractivity contribution in [2.24, 2.45) is 0 Å². The van der Waals surface area contributed by atoms with Gasteiger partial charge in [0.15, 0.2) is 11.5 Å². The Morgan fingerprint density at radius 3 is 2.57 bits per heavy atom. The molecular weight excluding hydrogens is 412 g/mol. The lowest BCUT2D eigenvalue weighted by Gasteiger charge is -2.14. The maximum atomic E-state index is 12.7. The third-order valence-electron chi connectivity index (χ3n) is 4.32. The summed E-state index contributed by atoms with van der Waals surface area (Å²) < 4.78 is 10.3. The van der Waals surface area contributed by atoms with E-state index in [1.165, 1.54) is 25.3 Å². The van der Waals surface area contributed by atoms with Gasteiger partial charge in [-0.2, -0.15) is 0 Å². The quantitative estimate of drug-likeness (QED) is 0.531. The number of carbonyl (C=O) groups excluding carboxylic acids is 3. The molecule has 0 spiro atoms. The molecule has 1 saturated heterocycles. The Bertz CT molecular complexity index is 1030. The normalized spacial score (nSPS) is 14.8. The number of aliphatic carboxylic acids is 1. The number of rotatable bonds is 7. The van der Waals surface area contributed by atoms with Crippen LogP contribution in [0.1, 0.15) is 16.7 Å². The van der Waals surface area contributed by atoms with Gasteiger partial charge in [-0.15, -0.1) is 0 Å². The summed E-state index contributed by atoms with van der Waals surface area (Å²) in [5.41, 5.74) is 2.44. The number of aryl methyl sites for hydroxylation is 1. The first-order valence-corrected chi connectivity index (χ1v) is 9.26. The second-order valence-electron chi connectivity index (χ2n) is 6.56. The molecule has 2 aromatic rings. The van der Waals surface area contributed by atoms with Crippen LogP contribution >= 0.6 is 11.6 Å². The van der Waals surface area contributed by atoms with E-state index >= 15 is 0 Å². The Labute approximate surface area is 177 Å². The van der Waals surface area contributed by atoms with Crippen molar-refractivity contribution >= 4 is 35.6 Å². The molecule has 8 nitrogen and oxygen atoms in total. The van der Waals surface area contributed by atoms with Crippen molar-refractivity contribution in [3.63, 3.8) is 0 Å². The number of nitrogens with zero attached hydrogens (tertiary/aromatic N) is 1. The van der Waals surface area contributed by atoms with E-state index in [0.717, 1.165) is 16.0 Å². The van der Waals surface area contributed by atoms with Gasteiger partial charge in [0, 0.05) is 0 Å². The second kappa shape index (κ2) is 8.87. The van der Waals surface area contributed by atoms with Crippen molar-refractivity contribution < 1.29 is 29.0 Å². The smallest absolute Gasteiger partial charge is 0.329 e. The average Bonchev–Trinajstić information content (AvgIpc) is 2.95. The molecule has 3 rings (SSSR count). The van der Waals surface area contributed by atoms with Crippen molar-refractivity contribution in [1.82, 2.24) is 10.2 Å². The Morgan fingerprint density at radius 2 is 1.93 bits per heavy atom. The Kier molecular flexibility index (Phi) is 6.27. The lowest BCUT2D eigenvalue weighted by Crippen LogP contribution is -2.30. The van der Waals surface area contributed by atoms with Crippen LogP contribution in [0.15, 0.2) is 42.1 Å². The van der Waals surface area contributed by atoms with Crippen LogP contribution in [0.5, 0.6) is 11.5 Å². The number of urea groups is 1. The third-order valence-corrected chi connectivity index (χ3v) is 4.60. The summed E-state index contributed by atoms with van der Waals surface area (Å²) in [6.07, 6.45) is 1.45. The van der Waals surface area contributed by atoms with Crippen LogP contribution in [0.2, 0.25) is 5.02 Å². The van der Waals surface area contributed by atoms with Crippen molar-refractivity contribution in [2.75, 3.05) is 13.7 Å². The number of imide groups is 1. The van der Waals surface area contributed by atoms with Crippen molar-refractivity contribution in [2.45, 2.75) is 13.5 Å². The molecule has 1 aliphatic heterocycles. The van der Waals surface area contributed by atoms with Gasteiger partial charge in [-0.05, 0) is 36.3 Å². The van der Waals surface area contributed by atoms with Crippen LogP contribution in [0, 0.1) is 6.92 Å². The highest BCUT2D eigenvalue weighted by Crippen LogP contribution is 2.37. The van der Waals surface area contributed by atoms with Gasteiger partial charge in [0.25, 0.3) is 5.91 Å². The molecule has 3 amide bonds. The van der Waals surface area contributed by atoms with Crippen LogP contribution in [-0.4, -0.2) is 36.5 Å².